The lowest BCUT2D eigenvalue weighted by Gasteiger charge is -2.11. The van der Waals surface area contributed by atoms with Crippen molar-refractivity contribution in [3.05, 3.63) is 169 Å². The van der Waals surface area contributed by atoms with Gasteiger partial charge in [0.25, 0.3) is 31.9 Å². The first-order valence-corrected chi connectivity index (χ1v) is 22.0. The highest BCUT2D eigenvalue weighted by atomic mass is 32.2. The molecule has 12 nitrogen and oxygen atoms in total. The summed E-state index contributed by atoms with van der Waals surface area (Å²) in [6.07, 6.45) is 4.39. The molecule has 0 unspecified atom stereocenters. The Kier molecular flexibility index (Phi) is 11.3. The molecule has 0 aliphatic rings. The number of ether oxygens (including phenoxy) is 2. The van der Waals surface area contributed by atoms with Gasteiger partial charge in [-0.1, -0.05) is 42.5 Å². The zero-order valence-electron chi connectivity index (χ0n) is 33.2. The molecule has 2 heterocycles. The third kappa shape index (κ3) is 9.49. The molecule has 62 heavy (non-hydrogen) atoms. The Hall–Kier alpha value is -7.36. The van der Waals surface area contributed by atoms with Crippen LogP contribution in [0.1, 0.15) is 11.1 Å². The number of hydrogen-bond acceptors (Lipinski definition) is 9. The number of rotatable bonds is 13. The molecule has 0 fully saturated rings. The van der Waals surface area contributed by atoms with Gasteiger partial charge in [0.05, 0.1) is 16.1 Å². The number of fused-ring (bicyclic) bond motifs is 2. The summed E-state index contributed by atoms with van der Waals surface area (Å²) in [4.78, 5) is 25.3. The molecule has 8 rings (SSSR count). The number of aromatic nitrogens is 1. The quantitative estimate of drug-likeness (QED) is 0.111. The molecule has 15 heteroatoms. The Bertz CT molecular complexity index is 3260. The number of sulfonamides is 2. The van der Waals surface area contributed by atoms with E-state index in [9.17, 15) is 26.4 Å². The lowest BCUT2D eigenvalue weighted by molar-refractivity contribution is -0.596. The van der Waals surface area contributed by atoms with Crippen LogP contribution in [-0.4, -0.2) is 41.9 Å². The van der Waals surface area contributed by atoms with Crippen LogP contribution in [0.2, 0.25) is 0 Å². The van der Waals surface area contributed by atoms with E-state index in [1.54, 1.807) is 91.3 Å². The van der Waals surface area contributed by atoms with Crippen LogP contribution in [0.25, 0.3) is 49.7 Å². The number of carbonyl (C=O) groups excluding carboxylic acids is 2. The predicted molar refractivity (Wildman–Crippen MR) is 230 cm³/mol. The molecule has 312 valence electrons. The lowest BCUT2D eigenvalue weighted by atomic mass is 10.0. The topological polar surface area (TPSA) is 162 Å². The number of amides is 2. The Balaban J connectivity index is 0.955. The van der Waals surface area contributed by atoms with Crippen LogP contribution in [0.15, 0.2) is 166 Å². The molecule has 0 radical (unpaired) electrons. The van der Waals surface area contributed by atoms with Gasteiger partial charge >= 0.3 is 0 Å². The molecule has 0 saturated carbocycles. The molecule has 2 aromatic heterocycles. The SMILES string of the molecule is Cc1cc(-c2cc(F)c[n+](-c3ccc4ccc(OCC(=O)NS(=O)(=O)c5cc(C)cc(-c6ccco6)c5)cc4c3)c2)cc(S(=O)(=O)NC(=O)COc2ccc3ccccc3c2)c1. The summed E-state index contributed by atoms with van der Waals surface area (Å²) in [6.45, 7) is 2.29. The van der Waals surface area contributed by atoms with Crippen LogP contribution in [0.3, 0.4) is 0 Å². The van der Waals surface area contributed by atoms with Gasteiger partial charge < -0.3 is 13.9 Å². The zero-order chi connectivity index (χ0) is 43.6. The first kappa shape index (κ1) is 41.4. The van der Waals surface area contributed by atoms with Crippen molar-refractivity contribution in [3.8, 4) is 39.6 Å². The number of nitrogens with zero attached hydrogens (tertiary/aromatic N) is 1. The molecule has 0 bridgehead atoms. The Morgan fingerprint density at radius 1 is 0.581 bits per heavy atom. The standard InChI is InChI=1S/C47H36FN3O9S2/c1-30-16-35(24-43(18-30)61(54,55)49-46(52)28-59-41-13-10-32-6-3-4-7-34(32)22-41)38-20-39(48)27-51(26-38)40-12-9-33-11-14-42(23-36(33)21-40)60-29-47(53)50-62(56,57)44-19-31(2)17-37(25-44)45-8-5-15-58-45/h3-27H,28-29H2,1-2H3,(H-,49,50,52,53)/p+1. The van der Waals surface area contributed by atoms with E-state index < -0.39 is 50.9 Å². The van der Waals surface area contributed by atoms with Crippen molar-refractivity contribution in [3.63, 3.8) is 0 Å². The summed E-state index contributed by atoms with van der Waals surface area (Å²) in [7, 11) is -8.58. The molecule has 0 spiro atoms. The van der Waals surface area contributed by atoms with Gasteiger partial charge in [0.1, 0.15) is 17.3 Å². The van der Waals surface area contributed by atoms with Crippen molar-refractivity contribution in [2.24, 2.45) is 0 Å². The monoisotopic (exact) mass is 870 g/mol. The third-order valence-electron chi connectivity index (χ3n) is 9.75. The van der Waals surface area contributed by atoms with E-state index in [1.165, 1.54) is 42.8 Å². The van der Waals surface area contributed by atoms with Gasteiger partial charge in [-0.15, -0.1) is 0 Å². The van der Waals surface area contributed by atoms with E-state index in [0.717, 1.165) is 16.2 Å². The van der Waals surface area contributed by atoms with Crippen molar-refractivity contribution in [2.45, 2.75) is 23.6 Å². The van der Waals surface area contributed by atoms with Crippen molar-refractivity contribution in [1.82, 2.24) is 9.44 Å². The highest BCUT2D eigenvalue weighted by Crippen LogP contribution is 2.28. The number of carbonyl (C=O) groups is 2. The first-order valence-electron chi connectivity index (χ1n) is 19.1. The molecule has 0 atom stereocenters. The second-order valence-electron chi connectivity index (χ2n) is 14.5. The zero-order valence-corrected chi connectivity index (χ0v) is 34.8. The molecule has 6 aromatic carbocycles. The summed E-state index contributed by atoms with van der Waals surface area (Å²) in [5.74, 6) is -1.19. The Labute approximate surface area is 356 Å². The smallest absolute Gasteiger partial charge is 0.271 e. The minimum absolute atomic E-state index is 0.107. The van der Waals surface area contributed by atoms with Crippen molar-refractivity contribution >= 4 is 53.4 Å². The fourth-order valence-electron chi connectivity index (χ4n) is 6.90. The highest BCUT2D eigenvalue weighted by Gasteiger charge is 2.23. The summed E-state index contributed by atoms with van der Waals surface area (Å²) in [5.41, 5.74) is 3.04. The van der Waals surface area contributed by atoms with E-state index in [0.29, 0.717) is 50.4 Å². The van der Waals surface area contributed by atoms with E-state index in [2.05, 4.69) is 9.44 Å². The molecular weight excluding hydrogens is 834 g/mol. The number of nitrogens with one attached hydrogen (secondary N) is 2. The van der Waals surface area contributed by atoms with Gasteiger partial charge in [0.15, 0.2) is 25.2 Å². The van der Waals surface area contributed by atoms with Gasteiger partial charge in [0, 0.05) is 23.3 Å². The van der Waals surface area contributed by atoms with E-state index in [-0.39, 0.29) is 15.5 Å². The maximum absolute atomic E-state index is 15.3. The number of aryl methyl sites for hydroxylation is 2. The van der Waals surface area contributed by atoms with Crippen molar-refractivity contribution in [2.75, 3.05) is 13.2 Å². The Morgan fingerprint density at radius 2 is 1.15 bits per heavy atom. The van der Waals surface area contributed by atoms with Crippen molar-refractivity contribution in [1.29, 1.82) is 0 Å². The molecular formula is C47H37FN3O9S2+. The van der Waals surface area contributed by atoms with Crippen LogP contribution in [0.5, 0.6) is 11.5 Å². The molecule has 8 aromatic rings. The van der Waals surface area contributed by atoms with Crippen LogP contribution >= 0.6 is 0 Å². The average molecular weight is 871 g/mol. The van der Waals surface area contributed by atoms with Crippen LogP contribution in [0, 0.1) is 19.7 Å². The number of pyridine rings is 1. The fraction of sp³-hybridized carbons (Fsp3) is 0.0851. The summed E-state index contributed by atoms with van der Waals surface area (Å²) in [6, 6.07) is 37.1. The van der Waals surface area contributed by atoms with Crippen molar-refractivity contribution < 1.29 is 49.3 Å². The largest absolute Gasteiger partial charge is 0.484 e. The summed E-state index contributed by atoms with van der Waals surface area (Å²) in [5, 5.41) is 3.36. The minimum atomic E-state index is -4.35. The molecule has 0 aliphatic carbocycles. The van der Waals surface area contributed by atoms with Gasteiger partial charge in [-0.2, -0.15) is 4.57 Å². The second-order valence-corrected chi connectivity index (χ2v) is 17.9. The predicted octanol–water partition coefficient (Wildman–Crippen LogP) is 7.72. The minimum Gasteiger partial charge on any atom is -0.484 e. The second kappa shape index (κ2) is 17.0. The van der Waals surface area contributed by atoms with Gasteiger partial charge in [0.2, 0.25) is 11.9 Å². The van der Waals surface area contributed by atoms with E-state index >= 15 is 4.39 Å². The van der Waals surface area contributed by atoms with Gasteiger partial charge in [-0.25, -0.2) is 30.7 Å². The number of furan rings is 1. The fourth-order valence-corrected chi connectivity index (χ4v) is 9.10. The Morgan fingerprint density at radius 3 is 1.77 bits per heavy atom. The van der Waals surface area contributed by atoms with E-state index in [1.807, 2.05) is 36.4 Å². The van der Waals surface area contributed by atoms with Gasteiger partial charge in [-0.05, 0) is 131 Å². The highest BCUT2D eigenvalue weighted by molar-refractivity contribution is 7.90. The van der Waals surface area contributed by atoms with Crippen LogP contribution in [0.4, 0.5) is 4.39 Å². The molecule has 2 amide bonds. The summed E-state index contributed by atoms with van der Waals surface area (Å²) >= 11 is 0. The van der Waals surface area contributed by atoms with Crippen LogP contribution in [-0.2, 0) is 29.6 Å². The molecule has 0 aliphatic heterocycles. The molecule has 2 N–H and O–H groups in total. The van der Waals surface area contributed by atoms with Crippen LogP contribution < -0.4 is 23.5 Å². The molecule has 0 saturated heterocycles. The summed E-state index contributed by atoms with van der Waals surface area (Å²) < 4.78 is 90.7. The normalized spacial score (nSPS) is 11.7. The maximum atomic E-state index is 15.3. The lowest BCUT2D eigenvalue weighted by Crippen LogP contribution is -2.34. The number of benzene rings is 6. The van der Waals surface area contributed by atoms with Gasteiger partial charge in [-0.3, -0.25) is 9.59 Å². The average Bonchev–Trinajstić information content (AvgIpc) is 3.79. The first-order chi connectivity index (χ1) is 29.7. The third-order valence-corrected chi connectivity index (χ3v) is 12.5. The number of halogens is 1. The maximum Gasteiger partial charge on any atom is 0.271 e. The number of hydrogen-bond donors (Lipinski definition) is 2. The van der Waals surface area contributed by atoms with E-state index in [4.69, 9.17) is 13.9 Å².